The molecule has 0 aromatic heterocycles. The molecule has 3 rings (SSSR count). The van der Waals surface area contributed by atoms with Crippen LogP contribution in [0.3, 0.4) is 0 Å². The number of rotatable bonds is 5. The average molecular weight is 325 g/mol. The minimum Gasteiger partial charge on any atom is -0.343 e. The molecule has 0 saturated carbocycles. The fourth-order valence-corrected chi connectivity index (χ4v) is 3.95. The highest BCUT2D eigenvalue weighted by Gasteiger charge is 2.30. The molecule has 1 N–H and O–H groups in total. The molecule has 2 aromatic rings. The van der Waals surface area contributed by atoms with Crippen LogP contribution in [0, 0.1) is 5.92 Å². The van der Waals surface area contributed by atoms with Gasteiger partial charge in [0.25, 0.3) is 0 Å². The molecule has 0 bridgehead atoms. The number of piperidine rings is 1. The van der Waals surface area contributed by atoms with Crippen LogP contribution in [0.25, 0.3) is 10.8 Å². The van der Waals surface area contributed by atoms with Crippen molar-refractivity contribution in [1.82, 2.24) is 4.90 Å². The first-order chi connectivity index (χ1) is 11.7. The summed E-state index contributed by atoms with van der Waals surface area (Å²) in [5.74, 6) is 0.560. The van der Waals surface area contributed by atoms with Gasteiger partial charge in [0, 0.05) is 18.7 Å². The number of quaternary nitrogens is 1. The summed E-state index contributed by atoms with van der Waals surface area (Å²) in [6, 6.07) is 15.3. The van der Waals surface area contributed by atoms with Gasteiger partial charge in [0.2, 0.25) is 5.91 Å². The van der Waals surface area contributed by atoms with Gasteiger partial charge in [0.1, 0.15) is 6.54 Å². The zero-order valence-corrected chi connectivity index (χ0v) is 14.9. The van der Waals surface area contributed by atoms with E-state index in [4.69, 9.17) is 0 Å². The van der Waals surface area contributed by atoms with Gasteiger partial charge in [-0.05, 0) is 43.5 Å². The van der Waals surface area contributed by atoms with Crippen molar-refractivity contribution < 1.29 is 9.69 Å². The second-order valence-electron chi connectivity index (χ2n) is 6.91. The van der Waals surface area contributed by atoms with Crippen molar-refractivity contribution in [2.75, 3.05) is 26.2 Å². The second-order valence-corrected chi connectivity index (χ2v) is 6.91. The fraction of sp³-hybridized carbons (Fsp3) is 0.476. The Bertz CT molecular complexity index is 693. The molecule has 1 saturated heterocycles. The van der Waals surface area contributed by atoms with Crippen LogP contribution in [-0.2, 0) is 11.3 Å². The topological polar surface area (TPSA) is 24.8 Å². The summed E-state index contributed by atoms with van der Waals surface area (Å²) < 4.78 is 0. The first-order valence-corrected chi connectivity index (χ1v) is 9.31. The van der Waals surface area contributed by atoms with Gasteiger partial charge in [-0.25, -0.2) is 0 Å². The molecule has 128 valence electrons. The number of likely N-dealkylation sites (tertiary alicyclic amines) is 1. The normalized spacial score (nSPS) is 20.9. The molecule has 24 heavy (non-hydrogen) atoms. The Kier molecular flexibility index (Phi) is 5.52. The van der Waals surface area contributed by atoms with Crippen LogP contribution in [-0.4, -0.2) is 37.0 Å². The van der Waals surface area contributed by atoms with Crippen LogP contribution in [0.2, 0.25) is 0 Å². The van der Waals surface area contributed by atoms with E-state index in [2.05, 4.69) is 56.3 Å². The van der Waals surface area contributed by atoms with Gasteiger partial charge in [-0.2, -0.15) is 0 Å². The van der Waals surface area contributed by atoms with Gasteiger partial charge >= 0.3 is 0 Å². The van der Waals surface area contributed by atoms with Crippen molar-refractivity contribution in [2.24, 2.45) is 5.92 Å². The fourth-order valence-electron chi connectivity index (χ4n) is 3.95. The van der Waals surface area contributed by atoms with E-state index in [1.54, 1.807) is 4.90 Å². The molecule has 1 amide bonds. The third kappa shape index (κ3) is 3.78. The van der Waals surface area contributed by atoms with E-state index < -0.39 is 0 Å². The Morgan fingerprint density at radius 2 is 1.88 bits per heavy atom. The number of amides is 1. The van der Waals surface area contributed by atoms with Crippen LogP contribution >= 0.6 is 0 Å². The lowest BCUT2D eigenvalue weighted by Crippen LogP contribution is -3.12. The lowest BCUT2D eigenvalue weighted by atomic mass is 9.95. The molecule has 0 aliphatic carbocycles. The first-order valence-electron chi connectivity index (χ1n) is 9.31. The van der Waals surface area contributed by atoms with Crippen molar-refractivity contribution in [3.63, 3.8) is 0 Å². The van der Waals surface area contributed by atoms with Gasteiger partial charge in [-0.3, -0.25) is 4.79 Å². The molecule has 1 fully saturated rings. The Hall–Kier alpha value is -1.87. The maximum absolute atomic E-state index is 12.6. The minimum atomic E-state index is 0.203. The molecule has 2 atom stereocenters. The maximum atomic E-state index is 12.6. The first kappa shape index (κ1) is 17.0. The minimum absolute atomic E-state index is 0.203. The summed E-state index contributed by atoms with van der Waals surface area (Å²) in [7, 11) is 0. The number of fused-ring (bicyclic) bond motifs is 1. The van der Waals surface area contributed by atoms with Crippen LogP contribution in [0.1, 0.15) is 32.3 Å². The molecule has 3 heteroatoms. The highest BCUT2D eigenvalue weighted by atomic mass is 16.2. The molecule has 0 spiro atoms. The third-order valence-corrected chi connectivity index (χ3v) is 5.31. The van der Waals surface area contributed by atoms with Gasteiger partial charge in [0.05, 0.1) is 19.0 Å². The second kappa shape index (κ2) is 7.80. The Morgan fingerprint density at radius 3 is 2.62 bits per heavy atom. The summed E-state index contributed by atoms with van der Waals surface area (Å²) in [4.78, 5) is 16.2. The van der Waals surface area contributed by atoms with Crippen molar-refractivity contribution in [1.29, 1.82) is 0 Å². The lowest BCUT2D eigenvalue weighted by molar-refractivity contribution is -0.921. The summed E-state index contributed by atoms with van der Waals surface area (Å²) in [5.41, 5.74) is 1.37. The summed E-state index contributed by atoms with van der Waals surface area (Å²) in [6.07, 6.45) is 2.21. The number of hydrogen-bond donors (Lipinski definition) is 1. The van der Waals surface area contributed by atoms with Crippen LogP contribution < -0.4 is 4.90 Å². The van der Waals surface area contributed by atoms with Crippen LogP contribution in [0.15, 0.2) is 42.5 Å². The molecule has 1 aliphatic rings. The zero-order valence-electron chi connectivity index (χ0n) is 14.9. The number of carbonyl (C=O) groups is 1. The SMILES string of the molecule is CCN(CC)C(=O)[C@H]1CCC[NH+](Cc2ccc3ccccc3c2)C1. The number of nitrogens with zero attached hydrogens (tertiary/aromatic N) is 1. The summed E-state index contributed by atoms with van der Waals surface area (Å²) in [6.45, 7) is 8.97. The molecule has 1 unspecified atom stereocenters. The van der Waals surface area contributed by atoms with Gasteiger partial charge in [0.15, 0.2) is 0 Å². The van der Waals surface area contributed by atoms with E-state index in [-0.39, 0.29) is 5.92 Å². The molecular formula is C21H29N2O+. The summed E-state index contributed by atoms with van der Waals surface area (Å²) in [5, 5.41) is 2.60. The Labute approximate surface area is 145 Å². The smallest absolute Gasteiger partial charge is 0.231 e. The quantitative estimate of drug-likeness (QED) is 0.898. The maximum Gasteiger partial charge on any atom is 0.231 e. The van der Waals surface area contributed by atoms with E-state index in [1.807, 2.05) is 4.90 Å². The van der Waals surface area contributed by atoms with Crippen molar-refractivity contribution in [3.8, 4) is 0 Å². The van der Waals surface area contributed by atoms with E-state index in [0.717, 1.165) is 39.0 Å². The Morgan fingerprint density at radius 1 is 1.12 bits per heavy atom. The van der Waals surface area contributed by atoms with Crippen molar-refractivity contribution in [2.45, 2.75) is 33.2 Å². The monoisotopic (exact) mass is 325 g/mol. The number of carbonyl (C=O) groups excluding carboxylic acids is 1. The predicted octanol–water partition coefficient (Wildman–Crippen LogP) is 2.50. The van der Waals surface area contributed by atoms with Gasteiger partial charge in [-0.1, -0.05) is 36.4 Å². The van der Waals surface area contributed by atoms with E-state index in [9.17, 15) is 4.79 Å². The zero-order chi connectivity index (χ0) is 16.9. The molecule has 3 nitrogen and oxygen atoms in total. The lowest BCUT2D eigenvalue weighted by Gasteiger charge is -2.32. The molecular weight excluding hydrogens is 296 g/mol. The van der Waals surface area contributed by atoms with Crippen LogP contribution in [0.5, 0.6) is 0 Å². The number of benzene rings is 2. The third-order valence-electron chi connectivity index (χ3n) is 5.31. The molecule has 2 aromatic carbocycles. The molecule has 0 radical (unpaired) electrons. The van der Waals surface area contributed by atoms with Gasteiger partial charge in [-0.15, -0.1) is 0 Å². The number of nitrogens with one attached hydrogen (secondary N) is 1. The van der Waals surface area contributed by atoms with Gasteiger partial charge < -0.3 is 9.80 Å². The molecule has 1 aliphatic heterocycles. The van der Waals surface area contributed by atoms with Crippen molar-refractivity contribution in [3.05, 3.63) is 48.0 Å². The van der Waals surface area contributed by atoms with E-state index >= 15 is 0 Å². The van der Waals surface area contributed by atoms with Crippen molar-refractivity contribution >= 4 is 16.7 Å². The Balaban J connectivity index is 1.67. The standard InChI is InChI=1S/C21H28N2O/c1-3-23(4-2)21(24)20-10-7-13-22(16-20)15-17-11-12-18-8-5-6-9-19(18)14-17/h5-6,8-9,11-12,14,20H,3-4,7,10,13,15-16H2,1-2H3/p+1/t20-/m0/s1. The average Bonchev–Trinajstić information content (AvgIpc) is 2.63. The largest absolute Gasteiger partial charge is 0.343 e. The summed E-state index contributed by atoms with van der Waals surface area (Å²) >= 11 is 0. The van der Waals surface area contributed by atoms with Crippen LogP contribution in [0.4, 0.5) is 0 Å². The highest BCUT2D eigenvalue weighted by Crippen LogP contribution is 2.16. The highest BCUT2D eigenvalue weighted by molar-refractivity contribution is 5.83. The van der Waals surface area contributed by atoms with E-state index in [1.165, 1.54) is 22.9 Å². The van der Waals surface area contributed by atoms with E-state index in [0.29, 0.717) is 5.91 Å². The predicted molar refractivity (Wildman–Crippen MR) is 99.0 cm³/mol. The molecule has 1 heterocycles. The number of hydrogen-bond acceptors (Lipinski definition) is 1.